The van der Waals surface area contributed by atoms with Crippen molar-refractivity contribution in [2.75, 3.05) is 0 Å². The molecule has 2 bridgehead atoms. The Morgan fingerprint density at radius 2 is 2.07 bits per heavy atom. The van der Waals surface area contributed by atoms with Crippen LogP contribution in [0.3, 0.4) is 0 Å². The lowest BCUT2D eigenvalue weighted by atomic mass is 9.64. The van der Waals surface area contributed by atoms with E-state index in [2.05, 4.69) is 52.5 Å². The Kier molecular flexibility index (Phi) is 4.36. The Morgan fingerprint density at radius 1 is 1.29 bits per heavy atom. The fraction of sp³-hybridized carbons (Fsp3) is 0.565. The van der Waals surface area contributed by atoms with Gasteiger partial charge in [-0.25, -0.2) is 4.98 Å². The van der Waals surface area contributed by atoms with Gasteiger partial charge < -0.3 is 10.2 Å². The van der Waals surface area contributed by atoms with Gasteiger partial charge in [-0.2, -0.15) is 0 Å². The summed E-state index contributed by atoms with van der Waals surface area (Å²) in [6.45, 7) is 6.39. The molecular formula is C23H29N3OS. The largest absolute Gasteiger partial charge is 0.329 e. The molecule has 1 aromatic heterocycles. The van der Waals surface area contributed by atoms with Crippen LogP contribution in [-0.2, 0) is 6.42 Å². The number of fused-ring (bicyclic) bond motifs is 1. The number of hydrogen-bond acceptors (Lipinski definition) is 4. The lowest BCUT2D eigenvalue weighted by molar-refractivity contribution is -0.0108. The highest BCUT2D eigenvalue weighted by Crippen LogP contribution is 2.52. The van der Waals surface area contributed by atoms with Crippen LogP contribution in [0.15, 0.2) is 30.3 Å². The normalized spacial score (nSPS) is 33.9. The first kappa shape index (κ1) is 18.3. The van der Waals surface area contributed by atoms with Crippen LogP contribution >= 0.6 is 11.3 Å². The summed E-state index contributed by atoms with van der Waals surface area (Å²) in [5.41, 5.74) is 2.39. The molecule has 5 heteroatoms. The number of thiazole rings is 1. The van der Waals surface area contributed by atoms with E-state index in [1.807, 2.05) is 13.8 Å². The molecule has 2 aromatic rings. The van der Waals surface area contributed by atoms with Crippen LogP contribution < -0.4 is 5.32 Å². The summed E-state index contributed by atoms with van der Waals surface area (Å²) < 4.78 is 0. The van der Waals surface area contributed by atoms with E-state index in [1.165, 1.54) is 24.8 Å². The van der Waals surface area contributed by atoms with Crippen LogP contribution in [0.2, 0.25) is 0 Å². The molecular weight excluding hydrogens is 366 g/mol. The number of nitrogens with zero attached hydrogens (tertiary/aromatic N) is 2. The number of carbonyl (C=O) groups excluding carboxylic acids is 1. The monoisotopic (exact) mass is 395 g/mol. The van der Waals surface area contributed by atoms with Gasteiger partial charge in [-0.15, -0.1) is 11.3 Å². The number of piperidine rings is 1. The minimum absolute atomic E-state index is 0.194. The van der Waals surface area contributed by atoms with Crippen LogP contribution in [0.1, 0.15) is 58.5 Å². The maximum Gasteiger partial charge on any atom is 0.266 e. The lowest BCUT2D eigenvalue weighted by Gasteiger charge is -2.53. The van der Waals surface area contributed by atoms with Crippen LogP contribution in [0.25, 0.3) is 0 Å². The predicted octanol–water partition coefficient (Wildman–Crippen LogP) is 4.12. The third-order valence-corrected chi connectivity index (χ3v) is 8.44. The van der Waals surface area contributed by atoms with Gasteiger partial charge in [0.2, 0.25) is 0 Å². The van der Waals surface area contributed by atoms with E-state index in [0.29, 0.717) is 18.1 Å². The van der Waals surface area contributed by atoms with E-state index in [1.54, 1.807) is 11.3 Å². The van der Waals surface area contributed by atoms with Crippen molar-refractivity contribution in [3.05, 3.63) is 51.5 Å². The van der Waals surface area contributed by atoms with Gasteiger partial charge in [-0.1, -0.05) is 37.3 Å². The van der Waals surface area contributed by atoms with E-state index >= 15 is 0 Å². The van der Waals surface area contributed by atoms with Crippen molar-refractivity contribution in [1.29, 1.82) is 0 Å². The average Bonchev–Trinajstić information content (AvgIpc) is 3.20. The topological polar surface area (TPSA) is 45.2 Å². The number of benzene rings is 1. The van der Waals surface area contributed by atoms with E-state index in [0.717, 1.165) is 28.4 Å². The van der Waals surface area contributed by atoms with Crippen LogP contribution in [0.5, 0.6) is 0 Å². The second-order valence-corrected chi connectivity index (χ2v) is 10.3. The second kappa shape index (κ2) is 6.67. The summed E-state index contributed by atoms with van der Waals surface area (Å²) >= 11 is 1.55. The summed E-state index contributed by atoms with van der Waals surface area (Å²) in [5.74, 6) is 0.203. The smallest absolute Gasteiger partial charge is 0.266 e. The van der Waals surface area contributed by atoms with Gasteiger partial charge in [0, 0.05) is 23.5 Å². The molecule has 3 aliphatic rings. The SMILES string of the molecule is Cc1nc(C)c(C(=O)N2[C@@H](Cc3ccccc3)[C@@H]3C[C@@]4(C)[C@H](CCC[C@@H]24)N3)s1. The standard InChI is InChI=1S/C23H29N3OS/c1-14-21(28-15(2)24-14)22(27)26-18(12-16-8-5-4-6-9-16)17-13-23(3)19(25-17)10-7-11-20(23)26/h4-6,8-9,17-20,25H,7,10-13H2,1-3H3/t17-,18-,19-,20+,23-/m0/s1. The molecule has 5 atom stereocenters. The van der Waals surface area contributed by atoms with Gasteiger partial charge in [-0.3, -0.25) is 4.79 Å². The summed E-state index contributed by atoms with van der Waals surface area (Å²) in [6.07, 6.45) is 5.66. The number of carbonyl (C=O) groups is 1. The first-order chi connectivity index (χ1) is 13.5. The fourth-order valence-electron chi connectivity index (χ4n) is 6.11. The van der Waals surface area contributed by atoms with Crippen LogP contribution in [0.4, 0.5) is 0 Å². The van der Waals surface area contributed by atoms with Gasteiger partial charge in [0.1, 0.15) is 4.88 Å². The maximum absolute atomic E-state index is 13.9. The fourth-order valence-corrected chi connectivity index (χ4v) is 6.98. The van der Waals surface area contributed by atoms with Gasteiger partial charge in [-0.05, 0) is 51.5 Å². The quantitative estimate of drug-likeness (QED) is 0.850. The number of amides is 1. The lowest BCUT2D eigenvalue weighted by Crippen LogP contribution is -2.62. The highest BCUT2D eigenvalue weighted by Gasteiger charge is 2.60. The molecule has 0 spiro atoms. The number of rotatable bonds is 3. The van der Waals surface area contributed by atoms with Crippen molar-refractivity contribution in [3.8, 4) is 0 Å². The van der Waals surface area contributed by atoms with Crippen molar-refractivity contribution in [2.24, 2.45) is 5.41 Å². The third-order valence-electron chi connectivity index (χ3n) is 7.38. The number of hydrogen-bond donors (Lipinski definition) is 1. The number of likely N-dealkylation sites (tertiary alicyclic amines) is 1. The molecule has 3 heterocycles. The molecule has 2 saturated heterocycles. The molecule has 1 aliphatic carbocycles. The molecule has 4 nitrogen and oxygen atoms in total. The third kappa shape index (κ3) is 2.74. The molecule has 2 aliphatic heterocycles. The Balaban J connectivity index is 1.57. The number of aryl methyl sites for hydroxylation is 2. The van der Waals surface area contributed by atoms with Crippen molar-refractivity contribution in [3.63, 3.8) is 0 Å². The van der Waals surface area contributed by atoms with Crippen molar-refractivity contribution < 1.29 is 4.79 Å². The Bertz CT molecular complexity index is 895. The molecule has 148 valence electrons. The average molecular weight is 396 g/mol. The first-order valence-electron chi connectivity index (χ1n) is 10.5. The predicted molar refractivity (Wildman–Crippen MR) is 113 cm³/mol. The highest BCUT2D eigenvalue weighted by molar-refractivity contribution is 7.13. The summed E-state index contributed by atoms with van der Waals surface area (Å²) in [6, 6.07) is 12.1. The molecule has 1 amide bonds. The van der Waals surface area contributed by atoms with Crippen LogP contribution in [-0.4, -0.2) is 40.0 Å². The molecule has 1 aromatic carbocycles. The zero-order valence-corrected chi connectivity index (χ0v) is 17.8. The molecule has 28 heavy (non-hydrogen) atoms. The molecule has 0 unspecified atom stereocenters. The van der Waals surface area contributed by atoms with E-state index < -0.39 is 0 Å². The zero-order chi connectivity index (χ0) is 19.5. The maximum atomic E-state index is 13.9. The van der Waals surface area contributed by atoms with Gasteiger partial charge in [0.05, 0.1) is 16.7 Å². The zero-order valence-electron chi connectivity index (χ0n) is 16.9. The summed E-state index contributed by atoms with van der Waals surface area (Å²) in [4.78, 5) is 21.5. The minimum atomic E-state index is 0.194. The van der Waals surface area contributed by atoms with Crippen molar-refractivity contribution in [2.45, 2.75) is 77.0 Å². The Morgan fingerprint density at radius 3 is 2.79 bits per heavy atom. The number of aromatic nitrogens is 1. The molecule has 1 N–H and O–H groups in total. The van der Waals surface area contributed by atoms with Crippen molar-refractivity contribution >= 4 is 17.2 Å². The van der Waals surface area contributed by atoms with Gasteiger partial charge in [0.15, 0.2) is 0 Å². The van der Waals surface area contributed by atoms with Gasteiger partial charge in [0.25, 0.3) is 5.91 Å². The second-order valence-electron chi connectivity index (χ2n) is 9.10. The van der Waals surface area contributed by atoms with E-state index in [-0.39, 0.29) is 17.4 Å². The Labute approximate surface area is 171 Å². The minimum Gasteiger partial charge on any atom is -0.329 e. The highest BCUT2D eigenvalue weighted by atomic mass is 32.1. The molecule has 5 rings (SSSR count). The Hall–Kier alpha value is -1.72. The first-order valence-corrected chi connectivity index (χ1v) is 11.4. The van der Waals surface area contributed by atoms with E-state index in [9.17, 15) is 4.79 Å². The molecule has 0 radical (unpaired) electrons. The van der Waals surface area contributed by atoms with Crippen LogP contribution in [0, 0.1) is 19.3 Å². The van der Waals surface area contributed by atoms with E-state index in [4.69, 9.17) is 0 Å². The van der Waals surface area contributed by atoms with Crippen molar-refractivity contribution in [1.82, 2.24) is 15.2 Å². The molecule has 1 saturated carbocycles. The molecule has 3 fully saturated rings. The number of nitrogens with one attached hydrogen (secondary N) is 1. The summed E-state index contributed by atoms with van der Waals surface area (Å²) in [7, 11) is 0. The summed E-state index contributed by atoms with van der Waals surface area (Å²) in [5, 5.41) is 4.92. The van der Waals surface area contributed by atoms with Gasteiger partial charge >= 0.3 is 0 Å².